The highest BCUT2D eigenvalue weighted by molar-refractivity contribution is 7.89. The van der Waals surface area contributed by atoms with E-state index in [0.29, 0.717) is 0 Å². The van der Waals surface area contributed by atoms with Crippen LogP contribution in [-0.4, -0.2) is 14.5 Å². The van der Waals surface area contributed by atoms with Gasteiger partial charge < -0.3 is 5.73 Å². The van der Waals surface area contributed by atoms with E-state index in [0.717, 1.165) is 18.1 Å². The molecular formula is C15H15FN2O2S. The Balaban J connectivity index is 1.75. The monoisotopic (exact) mass is 306 g/mol. The molecule has 2 aromatic carbocycles. The van der Waals surface area contributed by atoms with Crippen LogP contribution in [0, 0.1) is 5.82 Å². The summed E-state index contributed by atoms with van der Waals surface area (Å²) in [4.78, 5) is -0.104. The molecule has 0 aromatic heterocycles. The fraction of sp³-hybridized carbons (Fsp3) is 0.200. The van der Waals surface area contributed by atoms with E-state index < -0.39 is 15.8 Å². The van der Waals surface area contributed by atoms with Gasteiger partial charge in [0.25, 0.3) is 0 Å². The first-order valence-electron chi connectivity index (χ1n) is 6.60. The summed E-state index contributed by atoms with van der Waals surface area (Å²) in [5, 5.41) is 0. The summed E-state index contributed by atoms with van der Waals surface area (Å²) < 4.78 is 40.4. The van der Waals surface area contributed by atoms with Crippen LogP contribution in [0.3, 0.4) is 0 Å². The maximum absolute atomic E-state index is 13.4. The molecule has 0 saturated heterocycles. The van der Waals surface area contributed by atoms with Gasteiger partial charge in [-0.2, -0.15) is 0 Å². The lowest BCUT2D eigenvalue weighted by Gasteiger charge is -2.07. The molecule has 110 valence electrons. The van der Waals surface area contributed by atoms with E-state index in [2.05, 4.69) is 4.72 Å². The van der Waals surface area contributed by atoms with Crippen molar-refractivity contribution >= 4 is 15.7 Å². The van der Waals surface area contributed by atoms with Crippen LogP contribution in [-0.2, 0) is 10.0 Å². The fourth-order valence-corrected chi connectivity index (χ4v) is 3.64. The van der Waals surface area contributed by atoms with Gasteiger partial charge >= 0.3 is 0 Å². The average molecular weight is 306 g/mol. The number of hydrogen-bond donors (Lipinski definition) is 2. The van der Waals surface area contributed by atoms with Gasteiger partial charge in [-0.1, -0.05) is 30.3 Å². The van der Waals surface area contributed by atoms with Crippen molar-refractivity contribution in [1.82, 2.24) is 4.72 Å². The Labute approximate surface area is 122 Å². The smallest absolute Gasteiger partial charge is 0.240 e. The Hall–Kier alpha value is -1.92. The molecule has 1 aliphatic carbocycles. The highest BCUT2D eigenvalue weighted by Gasteiger charge is 2.41. The Morgan fingerprint density at radius 2 is 1.86 bits per heavy atom. The van der Waals surface area contributed by atoms with Crippen LogP contribution in [0.2, 0.25) is 0 Å². The van der Waals surface area contributed by atoms with Crippen molar-refractivity contribution in [3.8, 4) is 0 Å². The highest BCUT2D eigenvalue weighted by atomic mass is 32.2. The van der Waals surface area contributed by atoms with E-state index in [-0.39, 0.29) is 22.5 Å². The first-order chi connectivity index (χ1) is 9.97. The molecule has 3 rings (SSSR count). The number of benzene rings is 2. The molecule has 0 spiro atoms. The van der Waals surface area contributed by atoms with Gasteiger partial charge in [0.1, 0.15) is 5.82 Å². The van der Waals surface area contributed by atoms with E-state index in [1.54, 1.807) is 0 Å². The van der Waals surface area contributed by atoms with Crippen molar-refractivity contribution in [3.05, 3.63) is 59.9 Å². The lowest BCUT2D eigenvalue weighted by molar-refractivity contribution is 0.576. The Morgan fingerprint density at radius 1 is 1.14 bits per heavy atom. The SMILES string of the molecule is Nc1ccc(S(=O)(=O)NC2CC2c2ccccc2)cc1F. The molecule has 0 radical (unpaired) electrons. The Kier molecular flexibility index (Phi) is 3.43. The number of nitrogens with one attached hydrogen (secondary N) is 1. The second kappa shape index (κ2) is 5.13. The lowest BCUT2D eigenvalue weighted by atomic mass is 10.1. The van der Waals surface area contributed by atoms with Gasteiger partial charge in [0, 0.05) is 12.0 Å². The first kappa shape index (κ1) is 14.0. The van der Waals surface area contributed by atoms with Crippen molar-refractivity contribution in [1.29, 1.82) is 0 Å². The molecule has 0 heterocycles. The second-order valence-electron chi connectivity index (χ2n) is 5.16. The van der Waals surface area contributed by atoms with Gasteiger partial charge in [-0.3, -0.25) is 0 Å². The highest BCUT2D eigenvalue weighted by Crippen LogP contribution is 2.41. The molecular weight excluding hydrogens is 291 g/mol. The molecule has 0 bridgehead atoms. The number of hydrogen-bond acceptors (Lipinski definition) is 3. The Morgan fingerprint density at radius 3 is 2.52 bits per heavy atom. The topological polar surface area (TPSA) is 72.2 Å². The van der Waals surface area contributed by atoms with Gasteiger partial charge in [-0.25, -0.2) is 17.5 Å². The molecule has 2 unspecified atom stereocenters. The summed E-state index contributed by atoms with van der Waals surface area (Å²) in [7, 11) is -3.72. The summed E-state index contributed by atoms with van der Waals surface area (Å²) in [6, 6.07) is 13.1. The number of nitrogen functional groups attached to an aromatic ring is 1. The molecule has 0 amide bonds. The molecule has 1 aliphatic rings. The molecule has 4 nitrogen and oxygen atoms in total. The van der Waals surface area contributed by atoms with Gasteiger partial charge in [0.05, 0.1) is 10.6 Å². The number of sulfonamides is 1. The molecule has 1 saturated carbocycles. The zero-order valence-electron chi connectivity index (χ0n) is 11.2. The Bertz CT molecular complexity index is 762. The van der Waals surface area contributed by atoms with Crippen LogP contribution in [0.1, 0.15) is 17.9 Å². The predicted octanol–water partition coefficient (Wildman–Crippen LogP) is 2.24. The van der Waals surface area contributed by atoms with Crippen LogP contribution < -0.4 is 10.5 Å². The summed E-state index contributed by atoms with van der Waals surface area (Å²) in [6.45, 7) is 0. The van der Waals surface area contributed by atoms with Crippen molar-refractivity contribution in [2.24, 2.45) is 0 Å². The maximum Gasteiger partial charge on any atom is 0.240 e. The maximum atomic E-state index is 13.4. The van der Waals surface area contributed by atoms with Crippen molar-refractivity contribution in [3.63, 3.8) is 0 Å². The predicted molar refractivity (Wildman–Crippen MR) is 78.7 cm³/mol. The van der Waals surface area contributed by atoms with Gasteiger partial charge in [0.15, 0.2) is 0 Å². The largest absolute Gasteiger partial charge is 0.396 e. The van der Waals surface area contributed by atoms with Crippen LogP contribution >= 0.6 is 0 Å². The van der Waals surface area contributed by atoms with Gasteiger partial charge in [0.2, 0.25) is 10.0 Å². The fourth-order valence-electron chi connectivity index (χ4n) is 2.34. The van der Waals surface area contributed by atoms with E-state index >= 15 is 0 Å². The number of rotatable bonds is 4. The van der Waals surface area contributed by atoms with E-state index in [9.17, 15) is 12.8 Å². The minimum absolute atomic E-state index is 0.0671. The third-order valence-electron chi connectivity index (χ3n) is 3.61. The van der Waals surface area contributed by atoms with Crippen molar-refractivity contribution in [2.75, 3.05) is 5.73 Å². The number of halogens is 1. The molecule has 3 N–H and O–H groups in total. The van der Waals surface area contributed by atoms with E-state index in [1.807, 2.05) is 30.3 Å². The van der Waals surface area contributed by atoms with Crippen LogP contribution in [0.4, 0.5) is 10.1 Å². The summed E-state index contributed by atoms with van der Waals surface area (Å²) in [5.41, 5.74) is 6.39. The number of anilines is 1. The zero-order chi connectivity index (χ0) is 15.0. The van der Waals surface area contributed by atoms with E-state index in [1.165, 1.54) is 12.1 Å². The second-order valence-corrected chi connectivity index (χ2v) is 6.88. The lowest BCUT2D eigenvalue weighted by Crippen LogP contribution is -2.27. The van der Waals surface area contributed by atoms with Crippen molar-refractivity contribution in [2.45, 2.75) is 23.3 Å². The third-order valence-corrected chi connectivity index (χ3v) is 5.09. The van der Waals surface area contributed by atoms with Gasteiger partial charge in [-0.05, 0) is 30.2 Å². The standard InChI is InChI=1S/C15H15FN2O2S/c16-13-8-11(6-7-14(13)17)21(19,20)18-15-9-12(15)10-4-2-1-3-5-10/h1-8,12,15,18H,9,17H2. The normalized spacial score (nSPS) is 21.2. The molecule has 2 aromatic rings. The molecule has 1 fully saturated rings. The van der Waals surface area contributed by atoms with Crippen LogP contribution in [0.15, 0.2) is 53.4 Å². The quantitative estimate of drug-likeness (QED) is 0.851. The first-order valence-corrected chi connectivity index (χ1v) is 8.08. The number of nitrogens with two attached hydrogens (primary N) is 1. The van der Waals surface area contributed by atoms with Crippen LogP contribution in [0.5, 0.6) is 0 Å². The minimum Gasteiger partial charge on any atom is -0.396 e. The zero-order valence-corrected chi connectivity index (χ0v) is 12.0. The van der Waals surface area contributed by atoms with Crippen molar-refractivity contribution < 1.29 is 12.8 Å². The summed E-state index contributed by atoms with van der Waals surface area (Å²) in [5.74, 6) is -0.548. The molecule has 21 heavy (non-hydrogen) atoms. The van der Waals surface area contributed by atoms with Crippen LogP contribution in [0.25, 0.3) is 0 Å². The average Bonchev–Trinajstić information content (AvgIpc) is 3.21. The van der Waals surface area contributed by atoms with E-state index in [4.69, 9.17) is 5.73 Å². The molecule has 2 atom stereocenters. The summed E-state index contributed by atoms with van der Waals surface area (Å²) in [6.07, 6.45) is 0.751. The third kappa shape index (κ3) is 2.91. The minimum atomic E-state index is -3.72. The molecule has 6 heteroatoms. The molecule has 0 aliphatic heterocycles. The summed E-state index contributed by atoms with van der Waals surface area (Å²) >= 11 is 0. The van der Waals surface area contributed by atoms with Gasteiger partial charge in [-0.15, -0.1) is 0 Å².